The van der Waals surface area contributed by atoms with Gasteiger partial charge in [0.2, 0.25) is 5.95 Å². The Hall–Kier alpha value is -1.81. The predicted molar refractivity (Wildman–Crippen MR) is 80.1 cm³/mol. The highest BCUT2D eigenvalue weighted by Crippen LogP contribution is 2.21. The van der Waals surface area contributed by atoms with E-state index in [1.54, 1.807) is 6.07 Å². The molecule has 1 saturated heterocycles. The van der Waals surface area contributed by atoms with Gasteiger partial charge in [0.15, 0.2) is 0 Å². The van der Waals surface area contributed by atoms with Crippen molar-refractivity contribution in [1.82, 2.24) is 4.98 Å². The summed E-state index contributed by atoms with van der Waals surface area (Å²) in [6, 6.07) is 12.8. The van der Waals surface area contributed by atoms with E-state index in [1.807, 2.05) is 30.3 Å². The molecule has 1 aromatic heterocycles. The molecular weight excluding hydrogens is 277 g/mol. The highest BCUT2D eigenvalue weighted by molar-refractivity contribution is 6.30. The van der Waals surface area contributed by atoms with E-state index >= 15 is 0 Å². The number of piperazine rings is 1. The van der Waals surface area contributed by atoms with Crippen LogP contribution in [-0.2, 0) is 0 Å². The maximum atomic E-state index is 13.1. The molecule has 104 valence electrons. The highest BCUT2D eigenvalue weighted by Gasteiger charge is 2.18. The average Bonchev–Trinajstić information content (AvgIpc) is 2.48. The second-order valence-corrected chi connectivity index (χ2v) is 5.21. The molecule has 0 unspecified atom stereocenters. The summed E-state index contributed by atoms with van der Waals surface area (Å²) in [7, 11) is 0. The molecule has 3 rings (SSSR count). The van der Waals surface area contributed by atoms with Gasteiger partial charge in [-0.25, -0.2) is 4.98 Å². The van der Waals surface area contributed by atoms with Crippen LogP contribution in [0.3, 0.4) is 0 Å². The zero-order valence-corrected chi connectivity index (χ0v) is 11.7. The number of anilines is 2. The molecule has 1 aromatic carbocycles. The van der Waals surface area contributed by atoms with Crippen LogP contribution in [0.1, 0.15) is 0 Å². The van der Waals surface area contributed by atoms with Crippen molar-refractivity contribution in [1.29, 1.82) is 0 Å². The molecule has 2 heterocycles. The van der Waals surface area contributed by atoms with Crippen LogP contribution in [0.25, 0.3) is 0 Å². The van der Waals surface area contributed by atoms with Gasteiger partial charge in [-0.05, 0) is 36.4 Å². The van der Waals surface area contributed by atoms with Crippen LogP contribution < -0.4 is 9.80 Å². The van der Waals surface area contributed by atoms with E-state index in [2.05, 4.69) is 14.8 Å². The maximum Gasteiger partial charge on any atom is 0.214 e. The number of halogens is 2. The van der Waals surface area contributed by atoms with Gasteiger partial charge in [0, 0.05) is 36.9 Å². The van der Waals surface area contributed by atoms with Crippen molar-refractivity contribution in [3.63, 3.8) is 0 Å². The van der Waals surface area contributed by atoms with Gasteiger partial charge in [-0.3, -0.25) is 0 Å². The lowest BCUT2D eigenvalue weighted by atomic mass is 10.2. The van der Waals surface area contributed by atoms with Crippen LogP contribution in [0.5, 0.6) is 0 Å². The van der Waals surface area contributed by atoms with Crippen molar-refractivity contribution >= 4 is 23.1 Å². The Balaban J connectivity index is 1.66. The third-order valence-electron chi connectivity index (χ3n) is 3.50. The zero-order valence-electron chi connectivity index (χ0n) is 11.0. The first-order valence-electron chi connectivity index (χ1n) is 6.60. The molecule has 1 fully saturated rings. The van der Waals surface area contributed by atoms with Crippen LogP contribution in [0.4, 0.5) is 15.9 Å². The molecule has 0 saturated carbocycles. The van der Waals surface area contributed by atoms with Gasteiger partial charge in [0.25, 0.3) is 0 Å². The third kappa shape index (κ3) is 2.85. The number of pyridine rings is 1. The van der Waals surface area contributed by atoms with Crippen LogP contribution in [0.15, 0.2) is 42.5 Å². The van der Waals surface area contributed by atoms with E-state index in [9.17, 15) is 4.39 Å². The van der Waals surface area contributed by atoms with Crippen molar-refractivity contribution in [3.05, 3.63) is 53.4 Å². The Morgan fingerprint density at radius 3 is 2.20 bits per heavy atom. The van der Waals surface area contributed by atoms with Crippen molar-refractivity contribution in [2.45, 2.75) is 0 Å². The fourth-order valence-electron chi connectivity index (χ4n) is 2.42. The first-order chi connectivity index (χ1) is 9.72. The fourth-order valence-corrected chi connectivity index (χ4v) is 2.55. The van der Waals surface area contributed by atoms with Gasteiger partial charge < -0.3 is 9.80 Å². The lowest BCUT2D eigenvalue weighted by Gasteiger charge is -2.36. The van der Waals surface area contributed by atoms with E-state index in [0.29, 0.717) is 5.82 Å². The minimum atomic E-state index is -0.428. The minimum absolute atomic E-state index is 0.428. The number of aromatic nitrogens is 1. The number of nitrogens with zero attached hydrogens (tertiary/aromatic N) is 3. The summed E-state index contributed by atoms with van der Waals surface area (Å²) in [6.07, 6.45) is 0. The van der Waals surface area contributed by atoms with E-state index in [1.165, 1.54) is 11.8 Å². The zero-order chi connectivity index (χ0) is 13.9. The van der Waals surface area contributed by atoms with E-state index < -0.39 is 5.95 Å². The monoisotopic (exact) mass is 291 g/mol. The van der Waals surface area contributed by atoms with Gasteiger partial charge in [0.05, 0.1) is 0 Å². The molecule has 2 aromatic rings. The van der Waals surface area contributed by atoms with Crippen molar-refractivity contribution in [2.24, 2.45) is 0 Å². The number of hydrogen-bond donors (Lipinski definition) is 0. The van der Waals surface area contributed by atoms with Gasteiger partial charge in [-0.15, -0.1) is 0 Å². The van der Waals surface area contributed by atoms with Crippen molar-refractivity contribution in [2.75, 3.05) is 36.0 Å². The van der Waals surface area contributed by atoms with Crippen molar-refractivity contribution < 1.29 is 4.39 Å². The van der Waals surface area contributed by atoms with Crippen LogP contribution >= 0.6 is 11.6 Å². The van der Waals surface area contributed by atoms with Gasteiger partial charge in [-0.2, -0.15) is 4.39 Å². The second-order valence-electron chi connectivity index (χ2n) is 4.77. The second kappa shape index (κ2) is 5.67. The Kier molecular flexibility index (Phi) is 3.74. The Labute approximate surface area is 122 Å². The maximum absolute atomic E-state index is 13.1. The number of benzene rings is 1. The van der Waals surface area contributed by atoms with Crippen LogP contribution in [0.2, 0.25) is 5.02 Å². The lowest BCUT2D eigenvalue weighted by Crippen LogP contribution is -2.46. The molecule has 0 bridgehead atoms. The average molecular weight is 292 g/mol. The molecular formula is C15H15ClFN3. The lowest BCUT2D eigenvalue weighted by molar-refractivity contribution is 0.575. The molecule has 0 amide bonds. The standard InChI is InChI=1S/C15H15ClFN3/c16-12-4-6-13(7-5-12)19-8-10-20(11-9-19)15-3-1-2-14(17)18-15/h1-7H,8-11H2. The molecule has 1 aliphatic heterocycles. The van der Waals surface area contributed by atoms with Gasteiger partial charge >= 0.3 is 0 Å². The summed E-state index contributed by atoms with van der Waals surface area (Å²) in [4.78, 5) is 8.33. The molecule has 0 aliphatic carbocycles. The Morgan fingerprint density at radius 1 is 0.900 bits per heavy atom. The molecule has 0 spiro atoms. The smallest absolute Gasteiger partial charge is 0.214 e. The van der Waals surface area contributed by atoms with E-state index in [-0.39, 0.29) is 0 Å². The number of rotatable bonds is 2. The summed E-state index contributed by atoms with van der Waals surface area (Å²) < 4.78 is 13.1. The van der Waals surface area contributed by atoms with Gasteiger partial charge in [0.1, 0.15) is 5.82 Å². The van der Waals surface area contributed by atoms with Crippen LogP contribution in [0, 0.1) is 5.95 Å². The third-order valence-corrected chi connectivity index (χ3v) is 3.75. The molecule has 20 heavy (non-hydrogen) atoms. The molecule has 1 aliphatic rings. The Bertz CT molecular complexity index is 580. The summed E-state index contributed by atoms with van der Waals surface area (Å²) in [5.74, 6) is 0.281. The molecule has 5 heteroatoms. The molecule has 0 atom stereocenters. The largest absolute Gasteiger partial charge is 0.368 e. The minimum Gasteiger partial charge on any atom is -0.368 e. The predicted octanol–water partition coefficient (Wildman–Crippen LogP) is 3.20. The summed E-state index contributed by atoms with van der Waals surface area (Å²) in [6.45, 7) is 3.44. The molecule has 0 radical (unpaired) electrons. The molecule has 0 N–H and O–H groups in total. The summed E-state index contributed by atoms with van der Waals surface area (Å²) in [5, 5.41) is 0.747. The fraction of sp³-hybridized carbons (Fsp3) is 0.267. The van der Waals surface area contributed by atoms with Gasteiger partial charge in [-0.1, -0.05) is 17.7 Å². The highest BCUT2D eigenvalue weighted by atomic mass is 35.5. The van der Waals surface area contributed by atoms with Crippen LogP contribution in [-0.4, -0.2) is 31.2 Å². The van der Waals surface area contributed by atoms with Crippen molar-refractivity contribution in [3.8, 4) is 0 Å². The summed E-state index contributed by atoms with van der Waals surface area (Å²) >= 11 is 5.90. The van der Waals surface area contributed by atoms with E-state index in [4.69, 9.17) is 11.6 Å². The SMILES string of the molecule is Fc1cccc(N2CCN(c3ccc(Cl)cc3)CC2)n1. The Morgan fingerprint density at radius 2 is 1.55 bits per heavy atom. The normalized spacial score (nSPS) is 15.5. The molecule has 3 nitrogen and oxygen atoms in total. The summed E-state index contributed by atoms with van der Waals surface area (Å²) in [5.41, 5.74) is 1.17. The first kappa shape index (κ1) is 13.2. The topological polar surface area (TPSA) is 19.4 Å². The van der Waals surface area contributed by atoms with E-state index in [0.717, 1.165) is 31.2 Å². The first-order valence-corrected chi connectivity index (χ1v) is 6.98. The number of hydrogen-bond acceptors (Lipinski definition) is 3. The quantitative estimate of drug-likeness (QED) is 0.792.